The number of phenols is 2. The standard InChI is InChI=1S/C11H14N2O4/c14-9-5-8(6-10(15)7-9)12-11(16)13-1-3-17-4-2-13/h5-7,14-15H,1-4H2,(H,12,16). The topological polar surface area (TPSA) is 82.0 Å². The predicted molar refractivity (Wildman–Crippen MR) is 61.2 cm³/mol. The van der Waals surface area contributed by atoms with E-state index in [2.05, 4.69) is 5.32 Å². The Morgan fingerprint density at radius 3 is 2.35 bits per heavy atom. The first-order valence-corrected chi connectivity index (χ1v) is 5.32. The number of aromatic hydroxyl groups is 2. The summed E-state index contributed by atoms with van der Waals surface area (Å²) in [7, 11) is 0. The number of morpholine rings is 1. The Morgan fingerprint density at radius 1 is 1.18 bits per heavy atom. The summed E-state index contributed by atoms with van der Waals surface area (Å²) in [6.07, 6.45) is 0. The van der Waals surface area contributed by atoms with Crippen LogP contribution >= 0.6 is 0 Å². The first-order chi connectivity index (χ1) is 8.15. The van der Waals surface area contributed by atoms with Crippen molar-refractivity contribution in [2.45, 2.75) is 0 Å². The van der Waals surface area contributed by atoms with E-state index in [-0.39, 0.29) is 17.5 Å². The van der Waals surface area contributed by atoms with Crippen LogP contribution in [0.15, 0.2) is 18.2 Å². The van der Waals surface area contributed by atoms with E-state index < -0.39 is 0 Å². The van der Waals surface area contributed by atoms with Gasteiger partial charge in [-0.05, 0) is 0 Å². The van der Waals surface area contributed by atoms with E-state index in [1.165, 1.54) is 18.2 Å². The minimum atomic E-state index is -0.265. The zero-order valence-electron chi connectivity index (χ0n) is 9.22. The van der Waals surface area contributed by atoms with Gasteiger partial charge in [0.1, 0.15) is 11.5 Å². The number of hydrogen-bond acceptors (Lipinski definition) is 4. The molecule has 0 radical (unpaired) electrons. The van der Waals surface area contributed by atoms with Crippen LogP contribution in [0.4, 0.5) is 10.5 Å². The third-order valence-corrected chi connectivity index (χ3v) is 2.45. The van der Waals surface area contributed by atoms with Crippen LogP contribution in [0.3, 0.4) is 0 Å². The van der Waals surface area contributed by atoms with Crippen LogP contribution in [0, 0.1) is 0 Å². The van der Waals surface area contributed by atoms with Crippen molar-refractivity contribution in [2.24, 2.45) is 0 Å². The Balaban J connectivity index is 2.01. The largest absolute Gasteiger partial charge is 0.508 e. The summed E-state index contributed by atoms with van der Waals surface area (Å²) in [5.41, 5.74) is 0.360. The van der Waals surface area contributed by atoms with E-state index in [0.29, 0.717) is 32.0 Å². The predicted octanol–water partition coefficient (Wildman–Crippen LogP) is 0.962. The fourth-order valence-electron chi connectivity index (χ4n) is 1.64. The molecule has 0 aromatic heterocycles. The number of carbonyl (C=O) groups is 1. The number of anilines is 1. The molecule has 1 fully saturated rings. The van der Waals surface area contributed by atoms with Gasteiger partial charge >= 0.3 is 6.03 Å². The summed E-state index contributed by atoms with van der Waals surface area (Å²) in [5.74, 6) is -0.190. The second-order valence-corrected chi connectivity index (χ2v) is 3.77. The molecule has 3 N–H and O–H groups in total. The molecular weight excluding hydrogens is 224 g/mol. The van der Waals surface area contributed by atoms with Gasteiger partial charge in [-0.1, -0.05) is 0 Å². The second-order valence-electron chi connectivity index (χ2n) is 3.77. The van der Waals surface area contributed by atoms with Gasteiger partial charge in [-0.25, -0.2) is 4.79 Å². The molecule has 1 aromatic rings. The van der Waals surface area contributed by atoms with Crippen molar-refractivity contribution in [1.82, 2.24) is 4.90 Å². The molecule has 0 atom stereocenters. The third-order valence-electron chi connectivity index (χ3n) is 2.45. The molecule has 6 heteroatoms. The molecule has 1 heterocycles. The summed E-state index contributed by atoms with van der Waals surface area (Å²) < 4.78 is 5.14. The van der Waals surface area contributed by atoms with E-state index in [9.17, 15) is 15.0 Å². The molecule has 1 saturated heterocycles. The molecule has 1 aliphatic rings. The lowest BCUT2D eigenvalue weighted by Crippen LogP contribution is -2.43. The quantitative estimate of drug-likeness (QED) is 0.680. The number of ether oxygens (including phenoxy) is 1. The maximum Gasteiger partial charge on any atom is 0.322 e. The number of urea groups is 1. The van der Waals surface area contributed by atoms with Crippen LogP contribution < -0.4 is 5.32 Å². The number of carbonyl (C=O) groups excluding carboxylic acids is 1. The first-order valence-electron chi connectivity index (χ1n) is 5.32. The lowest BCUT2D eigenvalue weighted by molar-refractivity contribution is 0.0564. The van der Waals surface area contributed by atoms with Gasteiger partial charge in [0, 0.05) is 37.0 Å². The van der Waals surface area contributed by atoms with Crippen molar-refractivity contribution in [3.05, 3.63) is 18.2 Å². The first kappa shape index (κ1) is 11.5. The fraction of sp³-hybridized carbons (Fsp3) is 0.364. The molecule has 17 heavy (non-hydrogen) atoms. The fourth-order valence-corrected chi connectivity index (χ4v) is 1.64. The highest BCUT2D eigenvalue weighted by Crippen LogP contribution is 2.24. The zero-order chi connectivity index (χ0) is 12.3. The summed E-state index contributed by atoms with van der Waals surface area (Å²) >= 11 is 0. The van der Waals surface area contributed by atoms with Crippen LogP contribution in [0.5, 0.6) is 11.5 Å². The van der Waals surface area contributed by atoms with E-state index >= 15 is 0 Å². The minimum absolute atomic E-state index is 0.0951. The summed E-state index contributed by atoms with van der Waals surface area (Å²) in [5, 5.41) is 21.1. The molecular formula is C11H14N2O4. The van der Waals surface area contributed by atoms with Crippen molar-refractivity contribution in [3.63, 3.8) is 0 Å². The molecule has 0 bridgehead atoms. The molecule has 0 saturated carbocycles. The number of nitrogens with one attached hydrogen (secondary N) is 1. The molecule has 1 aliphatic heterocycles. The van der Waals surface area contributed by atoms with Gasteiger partial charge in [0.25, 0.3) is 0 Å². The van der Waals surface area contributed by atoms with Crippen LogP contribution in [-0.4, -0.2) is 47.4 Å². The maximum absolute atomic E-state index is 11.8. The molecule has 2 rings (SSSR count). The number of amides is 2. The maximum atomic E-state index is 11.8. The molecule has 6 nitrogen and oxygen atoms in total. The Morgan fingerprint density at radius 2 is 1.76 bits per heavy atom. The van der Waals surface area contributed by atoms with Crippen molar-refractivity contribution in [3.8, 4) is 11.5 Å². The summed E-state index contributed by atoms with van der Waals surface area (Å²) in [6.45, 7) is 2.13. The van der Waals surface area contributed by atoms with Gasteiger partial charge in [0.2, 0.25) is 0 Å². The molecule has 2 amide bonds. The van der Waals surface area contributed by atoms with E-state index in [0.717, 1.165) is 0 Å². The Kier molecular flexibility index (Phi) is 3.34. The van der Waals surface area contributed by atoms with Crippen molar-refractivity contribution < 1.29 is 19.7 Å². The number of nitrogens with zero attached hydrogens (tertiary/aromatic N) is 1. The van der Waals surface area contributed by atoms with Crippen molar-refractivity contribution >= 4 is 11.7 Å². The summed E-state index contributed by atoms with van der Waals surface area (Å²) in [6, 6.07) is 3.68. The highest BCUT2D eigenvalue weighted by atomic mass is 16.5. The second kappa shape index (κ2) is 4.92. The van der Waals surface area contributed by atoms with Gasteiger partial charge < -0.3 is 25.2 Å². The number of benzene rings is 1. The van der Waals surface area contributed by atoms with Crippen LogP contribution in [0.2, 0.25) is 0 Å². The van der Waals surface area contributed by atoms with Gasteiger partial charge in [0.15, 0.2) is 0 Å². The van der Waals surface area contributed by atoms with Crippen LogP contribution in [0.1, 0.15) is 0 Å². The van der Waals surface area contributed by atoms with Crippen LogP contribution in [0.25, 0.3) is 0 Å². The van der Waals surface area contributed by atoms with Gasteiger partial charge in [-0.15, -0.1) is 0 Å². The van der Waals surface area contributed by atoms with Crippen molar-refractivity contribution in [2.75, 3.05) is 31.6 Å². The van der Waals surface area contributed by atoms with Gasteiger partial charge in [0.05, 0.1) is 13.2 Å². The molecule has 1 aromatic carbocycles. The average molecular weight is 238 g/mol. The van der Waals surface area contributed by atoms with Gasteiger partial charge in [-0.2, -0.15) is 0 Å². The summed E-state index contributed by atoms with van der Waals surface area (Å²) in [4.78, 5) is 13.4. The van der Waals surface area contributed by atoms with Crippen molar-refractivity contribution in [1.29, 1.82) is 0 Å². The smallest absolute Gasteiger partial charge is 0.322 e. The highest BCUT2D eigenvalue weighted by molar-refractivity contribution is 5.89. The average Bonchev–Trinajstić information content (AvgIpc) is 2.28. The Bertz CT molecular complexity index is 396. The third kappa shape index (κ3) is 3.01. The zero-order valence-corrected chi connectivity index (χ0v) is 9.22. The van der Waals surface area contributed by atoms with Gasteiger partial charge in [-0.3, -0.25) is 0 Å². The minimum Gasteiger partial charge on any atom is -0.508 e. The number of phenolic OH excluding ortho intramolecular Hbond substituents is 2. The van der Waals surface area contributed by atoms with E-state index in [1.807, 2.05) is 0 Å². The Labute approximate surface area is 98.4 Å². The Hall–Kier alpha value is -1.95. The molecule has 0 spiro atoms. The van der Waals surface area contributed by atoms with E-state index in [1.54, 1.807) is 4.90 Å². The van der Waals surface area contributed by atoms with E-state index in [4.69, 9.17) is 4.74 Å². The molecule has 0 aliphatic carbocycles. The SMILES string of the molecule is O=C(Nc1cc(O)cc(O)c1)N1CCOCC1. The normalized spacial score (nSPS) is 15.6. The molecule has 0 unspecified atom stereocenters. The lowest BCUT2D eigenvalue weighted by atomic mass is 10.3. The molecule has 92 valence electrons. The van der Waals surface area contributed by atoms with Crippen LogP contribution in [-0.2, 0) is 4.74 Å². The lowest BCUT2D eigenvalue weighted by Gasteiger charge is -2.26. The number of rotatable bonds is 1. The number of hydrogen-bond donors (Lipinski definition) is 3. The highest BCUT2D eigenvalue weighted by Gasteiger charge is 2.16. The monoisotopic (exact) mass is 238 g/mol.